The molecule has 0 unspecified atom stereocenters. The van der Waals surface area contributed by atoms with Gasteiger partial charge in [0, 0.05) is 37.5 Å². The van der Waals surface area contributed by atoms with Crippen molar-refractivity contribution in [2.45, 2.75) is 32.1 Å². The minimum absolute atomic E-state index is 0.297. The van der Waals surface area contributed by atoms with Crippen molar-refractivity contribution in [3.63, 3.8) is 0 Å². The number of anilines is 2. The third-order valence-corrected chi connectivity index (χ3v) is 5.40. The van der Waals surface area contributed by atoms with Crippen LogP contribution in [-0.2, 0) is 0 Å². The maximum absolute atomic E-state index is 13.4. The number of benzene rings is 2. The Morgan fingerprint density at radius 1 is 1.25 bits per heavy atom. The van der Waals surface area contributed by atoms with Gasteiger partial charge in [0.25, 0.3) is 0 Å². The lowest BCUT2D eigenvalue weighted by Crippen LogP contribution is -2.33. The van der Waals surface area contributed by atoms with Crippen molar-refractivity contribution in [2.75, 3.05) is 37.0 Å². The molecule has 0 bridgehead atoms. The van der Waals surface area contributed by atoms with Crippen molar-refractivity contribution in [2.24, 2.45) is 0 Å². The fourth-order valence-electron chi connectivity index (χ4n) is 3.95. The highest BCUT2D eigenvalue weighted by Gasteiger charge is 2.27. The van der Waals surface area contributed by atoms with E-state index in [2.05, 4.69) is 34.4 Å². The first-order valence-electron chi connectivity index (χ1n) is 9.94. The maximum atomic E-state index is 13.4. The zero-order valence-electron chi connectivity index (χ0n) is 16.4. The number of nitrogens with one attached hydrogen (secondary N) is 1. The molecule has 5 nitrogen and oxygen atoms in total. The molecule has 0 amide bonds. The van der Waals surface area contributed by atoms with Crippen LogP contribution in [0, 0.1) is 5.82 Å². The molecular formula is C22H26FN3O2. The van der Waals surface area contributed by atoms with Crippen LogP contribution >= 0.6 is 0 Å². The van der Waals surface area contributed by atoms with Gasteiger partial charge in [-0.25, -0.2) is 4.39 Å². The van der Waals surface area contributed by atoms with Crippen molar-refractivity contribution in [3.05, 3.63) is 47.9 Å². The number of nitrogens with zero attached hydrogens (tertiary/aromatic N) is 2. The van der Waals surface area contributed by atoms with Crippen molar-refractivity contribution in [3.8, 4) is 5.75 Å². The predicted octanol–water partition coefficient (Wildman–Crippen LogP) is 5.18. The van der Waals surface area contributed by atoms with Gasteiger partial charge in [0.1, 0.15) is 5.82 Å². The highest BCUT2D eigenvalue weighted by atomic mass is 19.1. The molecule has 0 saturated carbocycles. The molecule has 3 aromatic rings. The maximum Gasteiger partial charge on any atom is 0.170 e. The van der Waals surface area contributed by atoms with E-state index in [0.29, 0.717) is 18.1 Å². The summed E-state index contributed by atoms with van der Waals surface area (Å²) in [6.45, 7) is 4.64. The van der Waals surface area contributed by atoms with Gasteiger partial charge in [-0.3, -0.25) is 0 Å². The van der Waals surface area contributed by atoms with E-state index in [0.717, 1.165) is 60.6 Å². The van der Waals surface area contributed by atoms with E-state index in [-0.39, 0.29) is 5.82 Å². The summed E-state index contributed by atoms with van der Waals surface area (Å²) in [7, 11) is 1.92. The quantitative estimate of drug-likeness (QED) is 0.635. The highest BCUT2D eigenvalue weighted by Crippen LogP contribution is 2.40. The Hall–Kier alpha value is -2.76. The predicted molar refractivity (Wildman–Crippen MR) is 110 cm³/mol. The number of halogens is 1. The molecule has 0 spiro atoms. The summed E-state index contributed by atoms with van der Waals surface area (Å²) in [6.07, 6.45) is 2.91. The van der Waals surface area contributed by atoms with Crippen molar-refractivity contribution in [1.82, 2.24) is 5.16 Å². The normalized spacial score (nSPS) is 15.2. The molecule has 1 saturated heterocycles. The average Bonchev–Trinajstić information content (AvgIpc) is 3.15. The van der Waals surface area contributed by atoms with E-state index in [4.69, 9.17) is 9.26 Å². The third-order valence-electron chi connectivity index (χ3n) is 5.40. The van der Waals surface area contributed by atoms with E-state index in [9.17, 15) is 4.39 Å². The standard InChI is InChI=1S/C22H26FN3O2/c1-3-13-27-22-18(24-2)5-4-6-19(22)26-11-9-15(10-12-26)21-17-8-7-16(23)14-20(17)28-25-21/h4-8,14-15,24H,3,9-13H2,1-2H3. The van der Waals surface area contributed by atoms with Crippen LogP contribution in [0.25, 0.3) is 11.0 Å². The smallest absolute Gasteiger partial charge is 0.170 e. The van der Waals surface area contributed by atoms with Crippen LogP contribution in [0.15, 0.2) is 40.9 Å². The summed E-state index contributed by atoms with van der Waals surface area (Å²) in [6, 6.07) is 10.9. The van der Waals surface area contributed by atoms with E-state index in [1.54, 1.807) is 6.07 Å². The number of aromatic nitrogens is 1. The molecular weight excluding hydrogens is 357 g/mol. The van der Waals surface area contributed by atoms with Gasteiger partial charge in [-0.1, -0.05) is 18.1 Å². The summed E-state index contributed by atoms with van der Waals surface area (Å²) in [4.78, 5) is 2.38. The first kappa shape index (κ1) is 18.6. The SMILES string of the molecule is CCCOc1c(NC)cccc1N1CCC(c2noc3cc(F)ccc23)CC1. The average molecular weight is 383 g/mol. The van der Waals surface area contributed by atoms with Crippen molar-refractivity contribution in [1.29, 1.82) is 0 Å². The zero-order valence-corrected chi connectivity index (χ0v) is 16.4. The Morgan fingerprint density at radius 2 is 2.07 bits per heavy atom. The van der Waals surface area contributed by atoms with E-state index < -0.39 is 0 Å². The van der Waals surface area contributed by atoms with Crippen LogP contribution in [0.4, 0.5) is 15.8 Å². The number of piperidine rings is 1. The molecule has 1 fully saturated rings. The van der Waals surface area contributed by atoms with Crippen LogP contribution in [-0.4, -0.2) is 31.9 Å². The molecule has 0 radical (unpaired) electrons. The molecule has 0 aliphatic carbocycles. The molecule has 6 heteroatoms. The minimum Gasteiger partial charge on any atom is -0.489 e. The van der Waals surface area contributed by atoms with Gasteiger partial charge in [-0.05, 0) is 43.5 Å². The summed E-state index contributed by atoms with van der Waals surface area (Å²) < 4.78 is 24.8. The second kappa shape index (κ2) is 8.09. The lowest BCUT2D eigenvalue weighted by Gasteiger charge is -2.34. The largest absolute Gasteiger partial charge is 0.489 e. The Kier molecular flexibility index (Phi) is 5.37. The Labute approximate surface area is 164 Å². The zero-order chi connectivity index (χ0) is 19.5. The third kappa shape index (κ3) is 3.51. The van der Waals surface area contributed by atoms with Gasteiger partial charge >= 0.3 is 0 Å². The lowest BCUT2D eigenvalue weighted by atomic mass is 9.91. The number of ether oxygens (including phenoxy) is 1. The number of hydrogen-bond acceptors (Lipinski definition) is 5. The first-order valence-corrected chi connectivity index (χ1v) is 9.94. The van der Waals surface area contributed by atoms with E-state index in [1.807, 2.05) is 13.1 Å². The fourth-order valence-corrected chi connectivity index (χ4v) is 3.95. The Morgan fingerprint density at radius 3 is 2.82 bits per heavy atom. The topological polar surface area (TPSA) is 50.5 Å². The van der Waals surface area contributed by atoms with Crippen LogP contribution in [0.3, 0.4) is 0 Å². The van der Waals surface area contributed by atoms with Crippen LogP contribution in [0.5, 0.6) is 5.75 Å². The van der Waals surface area contributed by atoms with Gasteiger partial charge in [0.2, 0.25) is 0 Å². The van der Waals surface area contributed by atoms with Gasteiger partial charge in [0.15, 0.2) is 11.3 Å². The summed E-state index contributed by atoms with van der Waals surface area (Å²) in [5.74, 6) is 0.942. The molecule has 1 N–H and O–H groups in total. The Balaban J connectivity index is 1.52. The van der Waals surface area contributed by atoms with Crippen LogP contribution in [0.2, 0.25) is 0 Å². The second-order valence-electron chi connectivity index (χ2n) is 7.22. The van der Waals surface area contributed by atoms with Gasteiger partial charge in [0.05, 0.1) is 23.7 Å². The molecule has 1 aliphatic rings. The molecule has 1 aliphatic heterocycles. The molecule has 2 heterocycles. The number of hydrogen-bond donors (Lipinski definition) is 1. The number of para-hydroxylation sites is 1. The number of fused-ring (bicyclic) bond motifs is 1. The molecule has 4 rings (SSSR count). The minimum atomic E-state index is -0.297. The monoisotopic (exact) mass is 383 g/mol. The molecule has 28 heavy (non-hydrogen) atoms. The second-order valence-corrected chi connectivity index (χ2v) is 7.22. The van der Waals surface area contributed by atoms with E-state index in [1.165, 1.54) is 12.1 Å². The molecule has 2 aromatic carbocycles. The molecule has 0 atom stereocenters. The lowest BCUT2D eigenvalue weighted by molar-refractivity contribution is 0.318. The summed E-state index contributed by atoms with van der Waals surface area (Å²) in [5, 5.41) is 8.40. The van der Waals surface area contributed by atoms with Crippen LogP contribution in [0.1, 0.15) is 37.8 Å². The first-order chi connectivity index (χ1) is 13.7. The summed E-state index contributed by atoms with van der Waals surface area (Å²) in [5.41, 5.74) is 3.61. The molecule has 148 valence electrons. The van der Waals surface area contributed by atoms with Crippen LogP contribution < -0.4 is 15.0 Å². The van der Waals surface area contributed by atoms with E-state index >= 15 is 0 Å². The Bertz CT molecular complexity index is 948. The van der Waals surface area contributed by atoms with Crippen molar-refractivity contribution >= 4 is 22.3 Å². The molecule has 1 aromatic heterocycles. The highest BCUT2D eigenvalue weighted by molar-refractivity contribution is 5.80. The van der Waals surface area contributed by atoms with Gasteiger partial charge < -0.3 is 19.5 Å². The van der Waals surface area contributed by atoms with Gasteiger partial charge in [-0.2, -0.15) is 0 Å². The van der Waals surface area contributed by atoms with Gasteiger partial charge in [-0.15, -0.1) is 0 Å². The fraction of sp³-hybridized carbons (Fsp3) is 0.409. The summed E-state index contributed by atoms with van der Waals surface area (Å²) >= 11 is 0. The van der Waals surface area contributed by atoms with Crippen molar-refractivity contribution < 1.29 is 13.7 Å². The number of rotatable bonds is 6.